The summed E-state index contributed by atoms with van der Waals surface area (Å²) in [5, 5.41) is 8.35. The molecule has 3 aromatic rings. The summed E-state index contributed by atoms with van der Waals surface area (Å²) < 4.78 is 5.56. The third-order valence-electron chi connectivity index (χ3n) is 5.25. The number of halogens is 1. The van der Waals surface area contributed by atoms with E-state index in [1.807, 2.05) is 6.07 Å². The van der Waals surface area contributed by atoms with Crippen LogP contribution in [0, 0.1) is 6.92 Å². The summed E-state index contributed by atoms with van der Waals surface area (Å²) in [4.78, 5) is 4.29. The van der Waals surface area contributed by atoms with Gasteiger partial charge in [0.05, 0.1) is 5.39 Å². The number of pyridine rings is 1. The number of rotatable bonds is 3. The Morgan fingerprint density at radius 3 is 2.84 bits per heavy atom. The molecule has 1 fully saturated rings. The first-order valence-electron chi connectivity index (χ1n) is 8.52. The molecule has 1 aliphatic rings. The summed E-state index contributed by atoms with van der Waals surface area (Å²) in [6, 6.07) is 8.65. The van der Waals surface area contributed by atoms with E-state index in [-0.39, 0.29) is 5.41 Å². The van der Waals surface area contributed by atoms with Crippen LogP contribution in [0.5, 0.6) is 0 Å². The molecule has 0 aliphatic carbocycles. The number of nitrogens with one attached hydrogen (secondary N) is 1. The summed E-state index contributed by atoms with van der Waals surface area (Å²) in [6.07, 6.45) is 3.67. The molecule has 1 saturated heterocycles. The highest BCUT2D eigenvalue weighted by Crippen LogP contribution is 2.38. The summed E-state index contributed by atoms with van der Waals surface area (Å²) in [5.74, 6) is 0. The van der Waals surface area contributed by atoms with Gasteiger partial charge in [-0.25, -0.2) is 4.98 Å². The van der Waals surface area contributed by atoms with E-state index in [0.717, 1.165) is 42.6 Å². The van der Waals surface area contributed by atoms with Crippen molar-refractivity contribution < 1.29 is 4.74 Å². The molecule has 1 aliphatic heterocycles. The van der Waals surface area contributed by atoms with Gasteiger partial charge in [-0.15, -0.1) is 0 Å². The molecule has 0 saturated carbocycles. The van der Waals surface area contributed by atoms with E-state index in [0.29, 0.717) is 17.3 Å². The average Bonchev–Trinajstić information content (AvgIpc) is 3.03. The number of ether oxygens (including phenoxy) is 1. The van der Waals surface area contributed by atoms with Gasteiger partial charge in [-0.2, -0.15) is 5.10 Å². The lowest BCUT2D eigenvalue weighted by atomic mass is 9.73. The van der Waals surface area contributed by atoms with Crippen LogP contribution in [0.15, 0.2) is 30.5 Å². The van der Waals surface area contributed by atoms with E-state index in [4.69, 9.17) is 22.1 Å². The lowest BCUT2D eigenvalue weighted by Crippen LogP contribution is -2.40. The molecule has 4 rings (SSSR count). The standard InChI is InChI=1S/C19H21ClN4O/c1-12-8-13(15-2-5-22-18-16(15)17(20)23-24-18)10-14(9-12)19(11-21)3-6-25-7-4-19/h2,5,8-10H,3-4,6-7,11,21H2,1H3,(H,22,23,24). The Balaban J connectivity index is 1.89. The maximum atomic E-state index is 6.32. The molecule has 5 nitrogen and oxygen atoms in total. The molecule has 3 heterocycles. The van der Waals surface area contributed by atoms with Crippen molar-refractivity contribution in [3.63, 3.8) is 0 Å². The van der Waals surface area contributed by atoms with E-state index in [1.54, 1.807) is 6.20 Å². The molecular weight excluding hydrogens is 336 g/mol. The van der Waals surface area contributed by atoms with Crippen molar-refractivity contribution in [2.24, 2.45) is 5.73 Å². The smallest absolute Gasteiger partial charge is 0.183 e. The molecule has 0 spiro atoms. The minimum atomic E-state index is -0.0225. The predicted molar refractivity (Wildman–Crippen MR) is 99.9 cm³/mol. The van der Waals surface area contributed by atoms with Gasteiger partial charge >= 0.3 is 0 Å². The Labute approximate surface area is 151 Å². The lowest BCUT2D eigenvalue weighted by molar-refractivity contribution is 0.0529. The van der Waals surface area contributed by atoms with Crippen LogP contribution in [0.2, 0.25) is 5.15 Å². The fourth-order valence-corrected chi connectivity index (χ4v) is 4.00. The Morgan fingerprint density at radius 1 is 1.28 bits per heavy atom. The number of aromatic amines is 1. The van der Waals surface area contributed by atoms with Crippen molar-refractivity contribution in [1.29, 1.82) is 0 Å². The van der Waals surface area contributed by atoms with E-state index >= 15 is 0 Å². The molecular formula is C19H21ClN4O. The maximum Gasteiger partial charge on any atom is 0.183 e. The summed E-state index contributed by atoms with van der Waals surface area (Å²) in [5.41, 5.74) is 11.4. The Hall–Kier alpha value is -1.95. The van der Waals surface area contributed by atoms with Crippen LogP contribution in [0.3, 0.4) is 0 Å². The largest absolute Gasteiger partial charge is 0.381 e. The first-order valence-corrected chi connectivity index (χ1v) is 8.90. The van der Waals surface area contributed by atoms with E-state index in [1.165, 1.54) is 11.1 Å². The molecule has 6 heteroatoms. The van der Waals surface area contributed by atoms with Crippen LogP contribution in [0.1, 0.15) is 24.0 Å². The van der Waals surface area contributed by atoms with Gasteiger partial charge in [-0.3, -0.25) is 5.10 Å². The zero-order valence-corrected chi connectivity index (χ0v) is 14.9. The Bertz CT molecular complexity index is 915. The third-order valence-corrected chi connectivity index (χ3v) is 5.53. The fourth-order valence-electron chi connectivity index (χ4n) is 3.77. The topological polar surface area (TPSA) is 76.8 Å². The van der Waals surface area contributed by atoms with Crippen LogP contribution in [-0.4, -0.2) is 34.9 Å². The molecule has 2 aromatic heterocycles. The predicted octanol–water partition coefficient (Wildman–Crippen LogP) is 3.59. The van der Waals surface area contributed by atoms with E-state index < -0.39 is 0 Å². The van der Waals surface area contributed by atoms with Gasteiger partial charge in [0, 0.05) is 31.4 Å². The van der Waals surface area contributed by atoms with Gasteiger partial charge in [0.25, 0.3) is 0 Å². The van der Waals surface area contributed by atoms with Crippen LogP contribution in [0.25, 0.3) is 22.2 Å². The number of H-pyrrole nitrogens is 1. The SMILES string of the molecule is Cc1cc(-c2ccnc3n[nH]c(Cl)c23)cc(C2(CN)CCOCC2)c1. The second-order valence-electron chi connectivity index (χ2n) is 6.78. The molecule has 130 valence electrons. The monoisotopic (exact) mass is 356 g/mol. The van der Waals surface area contributed by atoms with Gasteiger partial charge in [-0.05, 0) is 42.5 Å². The normalized spacial score (nSPS) is 17.1. The van der Waals surface area contributed by atoms with Gasteiger partial charge < -0.3 is 10.5 Å². The quantitative estimate of drug-likeness (QED) is 0.751. The van der Waals surface area contributed by atoms with Gasteiger partial charge in [0.15, 0.2) is 5.65 Å². The molecule has 3 N–H and O–H groups in total. The second-order valence-corrected chi connectivity index (χ2v) is 7.16. The molecule has 25 heavy (non-hydrogen) atoms. The second kappa shape index (κ2) is 6.41. The highest BCUT2D eigenvalue weighted by Gasteiger charge is 2.33. The average molecular weight is 357 g/mol. The number of benzene rings is 1. The number of nitrogens with two attached hydrogens (primary N) is 1. The Morgan fingerprint density at radius 2 is 2.08 bits per heavy atom. The highest BCUT2D eigenvalue weighted by atomic mass is 35.5. The van der Waals surface area contributed by atoms with Gasteiger partial charge in [0.1, 0.15) is 5.15 Å². The number of nitrogens with zero attached hydrogens (tertiary/aromatic N) is 2. The van der Waals surface area contributed by atoms with Crippen molar-refractivity contribution in [1.82, 2.24) is 15.2 Å². The zero-order valence-electron chi connectivity index (χ0n) is 14.2. The molecule has 0 bridgehead atoms. The number of hydrogen-bond donors (Lipinski definition) is 2. The number of fused-ring (bicyclic) bond motifs is 1. The number of aromatic nitrogens is 3. The molecule has 1 aromatic carbocycles. The minimum absolute atomic E-state index is 0.0225. The zero-order chi connectivity index (χ0) is 17.4. The van der Waals surface area contributed by atoms with Crippen LogP contribution >= 0.6 is 11.6 Å². The van der Waals surface area contributed by atoms with Crippen molar-refractivity contribution in [2.45, 2.75) is 25.2 Å². The first kappa shape index (κ1) is 16.5. The van der Waals surface area contributed by atoms with Crippen LogP contribution < -0.4 is 5.73 Å². The number of aryl methyl sites for hydroxylation is 1. The van der Waals surface area contributed by atoms with E-state index in [2.05, 4.69) is 40.3 Å². The molecule has 0 radical (unpaired) electrons. The van der Waals surface area contributed by atoms with Crippen molar-refractivity contribution in [3.8, 4) is 11.1 Å². The highest BCUT2D eigenvalue weighted by molar-refractivity contribution is 6.35. The minimum Gasteiger partial charge on any atom is -0.381 e. The van der Waals surface area contributed by atoms with Crippen molar-refractivity contribution >= 4 is 22.6 Å². The van der Waals surface area contributed by atoms with Gasteiger partial charge in [0.2, 0.25) is 0 Å². The molecule has 0 atom stereocenters. The Kier molecular flexibility index (Phi) is 4.23. The lowest BCUT2D eigenvalue weighted by Gasteiger charge is -2.37. The number of hydrogen-bond acceptors (Lipinski definition) is 4. The van der Waals surface area contributed by atoms with E-state index in [9.17, 15) is 0 Å². The third kappa shape index (κ3) is 2.82. The fraction of sp³-hybridized carbons (Fsp3) is 0.368. The van der Waals surface area contributed by atoms with Gasteiger partial charge in [-0.1, -0.05) is 35.4 Å². The molecule has 0 unspecified atom stereocenters. The summed E-state index contributed by atoms with van der Waals surface area (Å²) in [6.45, 7) is 4.25. The maximum absolute atomic E-state index is 6.32. The van der Waals surface area contributed by atoms with Crippen molar-refractivity contribution in [3.05, 3.63) is 46.7 Å². The summed E-state index contributed by atoms with van der Waals surface area (Å²) >= 11 is 6.32. The van der Waals surface area contributed by atoms with Crippen molar-refractivity contribution in [2.75, 3.05) is 19.8 Å². The van der Waals surface area contributed by atoms with Crippen LogP contribution in [0.4, 0.5) is 0 Å². The summed E-state index contributed by atoms with van der Waals surface area (Å²) in [7, 11) is 0. The first-order chi connectivity index (χ1) is 12.1. The van der Waals surface area contributed by atoms with Crippen LogP contribution in [-0.2, 0) is 10.2 Å². The molecule has 0 amide bonds.